The van der Waals surface area contributed by atoms with E-state index in [1.165, 1.54) is 18.2 Å². The van der Waals surface area contributed by atoms with Gasteiger partial charge in [-0.05, 0) is 25.2 Å². The zero-order valence-corrected chi connectivity index (χ0v) is 12.0. The molecule has 0 spiro atoms. The summed E-state index contributed by atoms with van der Waals surface area (Å²) in [7, 11) is -2.02. The molecule has 0 unspecified atom stereocenters. The molecule has 0 aliphatic carbocycles. The summed E-state index contributed by atoms with van der Waals surface area (Å²) >= 11 is 0. The molecule has 1 aromatic rings. The van der Waals surface area contributed by atoms with Crippen LogP contribution in [0, 0.1) is 5.82 Å². The van der Waals surface area contributed by atoms with Crippen LogP contribution < -0.4 is 10.1 Å². The van der Waals surface area contributed by atoms with Crippen LogP contribution in [-0.2, 0) is 21.3 Å². The Morgan fingerprint density at radius 1 is 1.35 bits per heavy atom. The van der Waals surface area contributed by atoms with Crippen molar-refractivity contribution in [2.24, 2.45) is 0 Å². The highest BCUT2D eigenvalue weighted by Gasteiger charge is 2.21. The van der Waals surface area contributed by atoms with E-state index in [-0.39, 0.29) is 11.4 Å². The normalized spacial score (nSPS) is 17.3. The number of morpholine rings is 1. The van der Waals surface area contributed by atoms with Crippen LogP contribution in [-0.4, -0.2) is 46.8 Å². The van der Waals surface area contributed by atoms with Gasteiger partial charge in [-0.1, -0.05) is 0 Å². The van der Waals surface area contributed by atoms with E-state index < -0.39 is 15.8 Å². The number of halogens is 1. The Morgan fingerprint density at radius 3 is 2.70 bits per heavy atom. The highest BCUT2D eigenvalue weighted by molar-refractivity contribution is 7.89. The van der Waals surface area contributed by atoms with Gasteiger partial charge >= 0.3 is 0 Å². The summed E-state index contributed by atoms with van der Waals surface area (Å²) in [5.74, 6) is -0.426. The van der Waals surface area contributed by atoms with Gasteiger partial charge in [-0.25, -0.2) is 17.8 Å². The Kier molecular flexibility index (Phi) is 5.06. The van der Waals surface area contributed by atoms with Gasteiger partial charge < -0.3 is 10.1 Å². The van der Waals surface area contributed by atoms with Crippen molar-refractivity contribution in [3.8, 4) is 0 Å². The predicted molar refractivity (Wildman–Crippen MR) is 71.9 cm³/mol. The maximum absolute atomic E-state index is 13.5. The van der Waals surface area contributed by atoms with E-state index in [0.717, 1.165) is 0 Å². The van der Waals surface area contributed by atoms with Crippen LogP contribution in [0.5, 0.6) is 0 Å². The molecule has 2 N–H and O–H groups in total. The van der Waals surface area contributed by atoms with Crippen molar-refractivity contribution in [1.29, 1.82) is 0 Å². The van der Waals surface area contributed by atoms with E-state index in [0.29, 0.717) is 31.9 Å². The van der Waals surface area contributed by atoms with Crippen LogP contribution in [0.1, 0.15) is 5.56 Å². The minimum atomic E-state index is -3.69. The van der Waals surface area contributed by atoms with Gasteiger partial charge in [0.15, 0.2) is 0 Å². The van der Waals surface area contributed by atoms with Crippen molar-refractivity contribution < 1.29 is 17.5 Å². The second kappa shape index (κ2) is 6.59. The third-order valence-corrected chi connectivity index (χ3v) is 4.33. The van der Waals surface area contributed by atoms with Crippen LogP contribution in [0.25, 0.3) is 0 Å². The zero-order chi connectivity index (χ0) is 14.6. The first-order valence-corrected chi connectivity index (χ1v) is 7.79. The molecule has 0 atom stereocenters. The smallest absolute Gasteiger partial charge is 0.253 e. The molecule has 1 aliphatic rings. The van der Waals surface area contributed by atoms with E-state index >= 15 is 0 Å². The van der Waals surface area contributed by atoms with Crippen molar-refractivity contribution in [3.05, 3.63) is 29.6 Å². The highest BCUT2D eigenvalue weighted by atomic mass is 32.2. The van der Waals surface area contributed by atoms with Crippen LogP contribution in [0.4, 0.5) is 4.39 Å². The van der Waals surface area contributed by atoms with Crippen LogP contribution >= 0.6 is 0 Å². The molecule has 0 bridgehead atoms. The molecule has 1 saturated heterocycles. The number of nitrogens with zero attached hydrogens (tertiary/aromatic N) is 1. The molecule has 0 radical (unpaired) electrons. The first-order chi connectivity index (χ1) is 9.53. The largest absolute Gasteiger partial charge is 0.379 e. The summed E-state index contributed by atoms with van der Waals surface area (Å²) in [6.45, 7) is 2.22. The molecule has 0 aromatic heterocycles. The van der Waals surface area contributed by atoms with Gasteiger partial charge in [-0.2, -0.15) is 0 Å². The molecule has 20 heavy (non-hydrogen) atoms. The van der Waals surface area contributed by atoms with Crippen LogP contribution in [0.15, 0.2) is 23.1 Å². The number of nitrogens with one attached hydrogen (secondary N) is 2. The lowest BCUT2D eigenvalue weighted by atomic mass is 10.2. The zero-order valence-electron chi connectivity index (χ0n) is 11.2. The summed E-state index contributed by atoms with van der Waals surface area (Å²) < 4.78 is 43.1. The SMILES string of the molecule is CNCc1cc(S(=O)(=O)NN2CCOCC2)ccc1F. The molecular formula is C12H18FN3O3S. The third-order valence-electron chi connectivity index (χ3n) is 2.96. The molecule has 1 fully saturated rings. The summed E-state index contributed by atoms with van der Waals surface area (Å²) in [6, 6.07) is 3.77. The summed E-state index contributed by atoms with van der Waals surface area (Å²) in [5.41, 5.74) is 0.317. The van der Waals surface area contributed by atoms with Crippen molar-refractivity contribution in [2.45, 2.75) is 11.4 Å². The molecule has 112 valence electrons. The predicted octanol–water partition coefficient (Wildman–Crippen LogP) is 0.0706. The molecule has 0 saturated carbocycles. The first-order valence-electron chi connectivity index (χ1n) is 6.31. The average Bonchev–Trinajstić information content (AvgIpc) is 2.42. The third kappa shape index (κ3) is 3.74. The Morgan fingerprint density at radius 2 is 2.05 bits per heavy atom. The fourth-order valence-electron chi connectivity index (χ4n) is 1.92. The van der Waals surface area contributed by atoms with Crippen molar-refractivity contribution >= 4 is 10.0 Å². The lowest BCUT2D eigenvalue weighted by Crippen LogP contribution is -2.48. The molecule has 1 heterocycles. The molecule has 1 aromatic carbocycles. The van der Waals surface area contributed by atoms with Crippen LogP contribution in [0.2, 0.25) is 0 Å². The van der Waals surface area contributed by atoms with E-state index in [9.17, 15) is 12.8 Å². The standard InChI is InChI=1S/C12H18FN3O3S/c1-14-9-10-8-11(2-3-12(10)13)20(17,18)15-16-4-6-19-7-5-16/h2-3,8,14-15H,4-7,9H2,1H3. The van der Waals surface area contributed by atoms with Crippen molar-refractivity contribution in [3.63, 3.8) is 0 Å². The van der Waals surface area contributed by atoms with Gasteiger partial charge in [0.1, 0.15) is 5.82 Å². The van der Waals surface area contributed by atoms with Crippen molar-refractivity contribution in [2.75, 3.05) is 33.4 Å². The molecule has 0 amide bonds. The molecule has 6 nitrogen and oxygen atoms in total. The quantitative estimate of drug-likeness (QED) is 0.805. The Balaban J connectivity index is 2.17. The summed E-state index contributed by atoms with van der Waals surface area (Å²) in [6.07, 6.45) is 0. The Hall–Kier alpha value is -1.06. The number of benzene rings is 1. The van der Waals surface area contributed by atoms with Gasteiger partial charge in [0.2, 0.25) is 0 Å². The van der Waals surface area contributed by atoms with Crippen molar-refractivity contribution in [1.82, 2.24) is 15.2 Å². The highest BCUT2D eigenvalue weighted by Crippen LogP contribution is 2.15. The average molecular weight is 303 g/mol. The minimum absolute atomic E-state index is 0.0515. The molecule has 8 heteroatoms. The lowest BCUT2D eigenvalue weighted by molar-refractivity contribution is 0.0272. The van der Waals surface area contributed by atoms with Gasteiger partial charge in [0.05, 0.1) is 18.1 Å². The van der Waals surface area contributed by atoms with E-state index in [2.05, 4.69) is 10.1 Å². The topological polar surface area (TPSA) is 70.7 Å². The van der Waals surface area contributed by atoms with Gasteiger partial charge in [0.25, 0.3) is 10.0 Å². The van der Waals surface area contributed by atoms with E-state index in [4.69, 9.17) is 4.74 Å². The Labute approximate surface area is 117 Å². The Bertz CT molecular complexity index is 559. The van der Waals surface area contributed by atoms with Crippen LogP contribution in [0.3, 0.4) is 0 Å². The second-order valence-electron chi connectivity index (χ2n) is 4.48. The fraction of sp³-hybridized carbons (Fsp3) is 0.500. The first kappa shape index (κ1) is 15.3. The van der Waals surface area contributed by atoms with E-state index in [1.54, 1.807) is 12.1 Å². The number of hydrogen-bond acceptors (Lipinski definition) is 5. The number of sulfonamides is 1. The molecule has 1 aliphatic heterocycles. The van der Waals surface area contributed by atoms with Gasteiger partial charge in [-0.3, -0.25) is 0 Å². The summed E-state index contributed by atoms with van der Waals surface area (Å²) in [4.78, 5) is 2.53. The fourth-order valence-corrected chi connectivity index (χ4v) is 3.09. The second-order valence-corrected chi connectivity index (χ2v) is 6.14. The minimum Gasteiger partial charge on any atom is -0.379 e. The lowest BCUT2D eigenvalue weighted by Gasteiger charge is -2.26. The molecule has 2 rings (SSSR count). The summed E-state index contributed by atoms with van der Waals surface area (Å²) in [5, 5.41) is 4.39. The number of hydrazine groups is 1. The number of rotatable bonds is 5. The maximum atomic E-state index is 13.5. The molecular weight excluding hydrogens is 285 g/mol. The number of ether oxygens (including phenoxy) is 1. The monoisotopic (exact) mass is 303 g/mol. The number of hydrogen-bond donors (Lipinski definition) is 2. The van der Waals surface area contributed by atoms with Gasteiger partial charge in [0, 0.05) is 25.2 Å². The maximum Gasteiger partial charge on any atom is 0.253 e. The van der Waals surface area contributed by atoms with Gasteiger partial charge in [-0.15, -0.1) is 4.83 Å². The van der Waals surface area contributed by atoms with E-state index in [1.807, 2.05) is 0 Å².